The lowest BCUT2D eigenvalue weighted by molar-refractivity contribution is 0.302. The van der Waals surface area contributed by atoms with Crippen molar-refractivity contribution in [1.29, 1.82) is 0 Å². The van der Waals surface area contributed by atoms with Crippen LogP contribution in [0.1, 0.15) is 45.5 Å². The SMILES string of the molecule is CNC(C)c1nnc(N2CCC(C(C)C)CC2)o1. The number of hydrogen-bond acceptors (Lipinski definition) is 5. The standard InChI is InChI=1S/C13H24N4O/c1-9(2)11-5-7-17(8-6-11)13-16-15-12(18-13)10(3)14-4/h9-11,14H,5-8H2,1-4H3. The zero-order valence-electron chi connectivity index (χ0n) is 11.8. The van der Waals surface area contributed by atoms with E-state index in [1.807, 2.05) is 14.0 Å². The second-order valence-corrected chi connectivity index (χ2v) is 5.50. The summed E-state index contributed by atoms with van der Waals surface area (Å²) in [6.07, 6.45) is 2.44. The molecule has 0 bridgehead atoms. The van der Waals surface area contributed by atoms with Crippen molar-refractivity contribution in [1.82, 2.24) is 15.5 Å². The monoisotopic (exact) mass is 252 g/mol. The summed E-state index contributed by atoms with van der Waals surface area (Å²) in [5, 5.41) is 11.3. The first kappa shape index (κ1) is 13.3. The normalized spacial score (nSPS) is 19.5. The molecule has 1 aliphatic rings. The Balaban J connectivity index is 1.95. The van der Waals surface area contributed by atoms with E-state index in [2.05, 4.69) is 34.3 Å². The largest absolute Gasteiger partial charge is 0.406 e. The van der Waals surface area contributed by atoms with Crippen LogP contribution in [0.25, 0.3) is 0 Å². The molecular weight excluding hydrogens is 228 g/mol. The number of piperidine rings is 1. The maximum atomic E-state index is 5.71. The number of nitrogens with one attached hydrogen (secondary N) is 1. The van der Waals surface area contributed by atoms with Crippen molar-refractivity contribution < 1.29 is 4.42 Å². The highest BCUT2D eigenvalue weighted by molar-refractivity contribution is 5.25. The molecule has 1 saturated heterocycles. The third kappa shape index (κ3) is 2.83. The number of aromatic nitrogens is 2. The Morgan fingerprint density at radius 3 is 2.44 bits per heavy atom. The first-order valence-electron chi connectivity index (χ1n) is 6.87. The number of rotatable bonds is 4. The van der Waals surface area contributed by atoms with Crippen LogP contribution in [-0.2, 0) is 0 Å². The molecule has 0 aliphatic carbocycles. The second kappa shape index (κ2) is 5.69. The van der Waals surface area contributed by atoms with Crippen molar-refractivity contribution in [2.45, 2.75) is 39.7 Å². The molecule has 5 nitrogen and oxygen atoms in total. The lowest BCUT2D eigenvalue weighted by Crippen LogP contribution is -2.35. The van der Waals surface area contributed by atoms with Crippen molar-refractivity contribution in [2.75, 3.05) is 25.0 Å². The highest BCUT2D eigenvalue weighted by Crippen LogP contribution is 2.27. The summed E-state index contributed by atoms with van der Waals surface area (Å²) in [5.74, 6) is 2.27. The summed E-state index contributed by atoms with van der Waals surface area (Å²) in [7, 11) is 1.89. The lowest BCUT2D eigenvalue weighted by atomic mass is 9.87. The number of hydrogen-bond donors (Lipinski definition) is 1. The summed E-state index contributed by atoms with van der Waals surface area (Å²) in [6, 6.07) is 0.786. The number of anilines is 1. The average molecular weight is 252 g/mol. The minimum absolute atomic E-state index is 0.111. The molecule has 1 aliphatic heterocycles. The van der Waals surface area contributed by atoms with Gasteiger partial charge in [0.25, 0.3) is 0 Å². The Morgan fingerprint density at radius 2 is 1.89 bits per heavy atom. The Bertz CT molecular complexity index is 369. The molecule has 1 aromatic rings. The third-order valence-corrected chi connectivity index (χ3v) is 3.99. The third-order valence-electron chi connectivity index (χ3n) is 3.99. The molecular formula is C13H24N4O. The fraction of sp³-hybridized carbons (Fsp3) is 0.846. The van der Waals surface area contributed by atoms with Gasteiger partial charge in [-0.05, 0) is 38.6 Å². The predicted octanol–water partition coefficient (Wildman–Crippen LogP) is 2.22. The zero-order chi connectivity index (χ0) is 13.1. The second-order valence-electron chi connectivity index (χ2n) is 5.50. The van der Waals surface area contributed by atoms with E-state index >= 15 is 0 Å². The Hall–Kier alpha value is -1.10. The quantitative estimate of drug-likeness (QED) is 0.890. The molecule has 1 atom stereocenters. The first-order chi connectivity index (χ1) is 8.61. The maximum absolute atomic E-state index is 5.71. The van der Waals surface area contributed by atoms with Crippen molar-refractivity contribution in [3.8, 4) is 0 Å². The summed E-state index contributed by atoms with van der Waals surface area (Å²) < 4.78 is 5.71. The molecule has 1 unspecified atom stereocenters. The fourth-order valence-corrected chi connectivity index (χ4v) is 2.41. The molecule has 0 aromatic carbocycles. The van der Waals surface area contributed by atoms with Crippen molar-refractivity contribution in [3.63, 3.8) is 0 Å². The van der Waals surface area contributed by atoms with Gasteiger partial charge in [-0.25, -0.2) is 0 Å². The van der Waals surface area contributed by atoms with Gasteiger partial charge in [0.05, 0.1) is 6.04 Å². The van der Waals surface area contributed by atoms with E-state index < -0.39 is 0 Å². The van der Waals surface area contributed by atoms with Crippen LogP contribution in [0.3, 0.4) is 0 Å². The zero-order valence-corrected chi connectivity index (χ0v) is 11.8. The van der Waals surface area contributed by atoms with Crippen molar-refractivity contribution in [2.24, 2.45) is 11.8 Å². The van der Waals surface area contributed by atoms with Gasteiger partial charge in [-0.3, -0.25) is 0 Å². The van der Waals surface area contributed by atoms with Gasteiger partial charge in [0.2, 0.25) is 5.89 Å². The topological polar surface area (TPSA) is 54.2 Å². The van der Waals surface area contributed by atoms with Gasteiger partial charge < -0.3 is 14.6 Å². The molecule has 2 rings (SSSR count). The van der Waals surface area contributed by atoms with E-state index in [4.69, 9.17) is 4.42 Å². The maximum Gasteiger partial charge on any atom is 0.318 e. The van der Waals surface area contributed by atoms with Gasteiger partial charge in [-0.15, -0.1) is 5.10 Å². The van der Waals surface area contributed by atoms with E-state index in [9.17, 15) is 0 Å². The molecule has 0 spiro atoms. The Morgan fingerprint density at radius 1 is 1.22 bits per heavy atom. The minimum atomic E-state index is 0.111. The van der Waals surface area contributed by atoms with E-state index in [0.29, 0.717) is 11.9 Å². The Kier molecular flexibility index (Phi) is 4.22. The molecule has 0 saturated carbocycles. The molecule has 0 amide bonds. The molecule has 2 heterocycles. The highest BCUT2D eigenvalue weighted by Gasteiger charge is 2.25. The molecule has 1 N–H and O–H groups in total. The highest BCUT2D eigenvalue weighted by atomic mass is 16.4. The molecule has 1 fully saturated rings. The lowest BCUT2D eigenvalue weighted by Gasteiger charge is -2.32. The molecule has 0 radical (unpaired) electrons. The van der Waals surface area contributed by atoms with Crippen LogP contribution in [-0.4, -0.2) is 30.3 Å². The Labute approximate surface area is 109 Å². The van der Waals surface area contributed by atoms with E-state index in [1.165, 1.54) is 12.8 Å². The molecule has 18 heavy (non-hydrogen) atoms. The summed E-state index contributed by atoms with van der Waals surface area (Å²) in [6.45, 7) is 8.68. The number of nitrogens with zero attached hydrogens (tertiary/aromatic N) is 3. The van der Waals surface area contributed by atoms with Crippen LogP contribution >= 0.6 is 0 Å². The predicted molar refractivity (Wildman–Crippen MR) is 71.5 cm³/mol. The van der Waals surface area contributed by atoms with E-state index in [1.54, 1.807) is 0 Å². The van der Waals surface area contributed by atoms with Crippen LogP contribution in [0.5, 0.6) is 0 Å². The van der Waals surface area contributed by atoms with E-state index in [-0.39, 0.29) is 6.04 Å². The van der Waals surface area contributed by atoms with Crippen LogP contribution in [0, 0.1) is 11.8 Å². The van der Waals surface area contributed by atoms with Gasteiger partial charge in [0, 0.05) is 13.1 Å². The van der Waals surface area contributed by atoms with Gasteiger partial charge in [-0.1, -0.05) is 18.9 Å². The van der Waals surface area contributed by atoms with Crippen LogP contribution in [0.4, 0.5) is 6.01 Å². The summed E-state index contributed by atoms with van der Waals surface area (Å²) in [4.78, 5) is 2.21. The summed E-state index contributed by atoms with van der Waals surface area (Å²) in [5.41, 5.74) is 0. The summed E-state index contributed by atoms with van der Waals surface area (Å²) >= 11 is 0. The fourth-order valence-electron chi connectivity index (χ4n) is 2.41. The van der Waals surface area contributed by atoms with E-state index in [0.717, 1.165) is 24.9 Å². The van der Waals surface area contributed by atoms with Gasteiger partial charge >= 0.3 is 6.01 Å². The van der Waals surface area contributed by atoms with Crippen molar-refractivity contribution >= 4 is 6.01 Å². The molecule has 5 heteroatoms. The average Bonchev–Trinajstić information content (AvgIpc) is 2.87. The minimum Gasteiger partial charge on any atom is -0.406 e. The first-order valence-corrected chi connectivity index (χ1v) is 6.87. The van der Waals surface area contributed by atoms with Crippen LogP contribution in [0.2, 0.25) is 0 Å². The van der Waals surface area contributed by atoms with Gasteiger partial charge in [-0.2, -0.15) is 0 Å². The smallest absolute Gasteiger partial charge is 0.318 e. The van der Waals surface area contributed by atoms with Gasteiger partial charge in [0.15, 0.2) is 0 Å². The van der Waals surface area contributed by atoms with Gasteiger partial charge in [0.1, 0.15) is 0 Å². The van der Waals surface area contributed by atoms with Crippen LogP contribution < -0.4 is 10.2 Å². The molecule has 1 aromatic heterocycles. The molecule has 102 valence electrons. The van der Waals surface area contributed by atoms with Crippen LogP contribution in [0.15, 0.2) is 4.42 Å². The van der Waals surface area contributed by atoms with Crippen molar-refractivity contribution in [3.05, 3.63) is 5.89 Å².